The second-order valence-electron chi connectivity index (χ2n) is 3.97. The van der Waals surface area contributed by atoms with Gasteiger partial charge in [0.1, 0.15) is 11.5 Å². The van der Waals surface area contributed by atoms with Crippen molar-refractivity contribution in [3.8, 4) is 6.07 Å². The molecule has 12 heavy (non-hydrogen) atoms. The van der Waals surface area contributed by atoms with Crippen molar-refractivity contribution in [1.29, 1.82) is 5.26 Å². The quantitative estimate of drug-likeness (QED) is 0.513. The summed E-state index contributed by atoms with van der Waals surface area (Å²) in [6.45, 7) is 5.65. The van der Waals surface area contributed by atoms with Crippen molar-refractivity contribution in [2.45, 2.75) is 32.8 Å². The van der Waals surface area contributed by atoms with E-state index in [1.807, 2.05) is 26.8 Å². The number of esters is 1. The van der Waals surface area contributed by atoms with Gasteiger partial charge in [-0.3, -0.25) is 4.79 Å². The maximum absolute atomic E-state index is 11.2. The number of carbonyl (C=O) groups excluding carboxylic acids is 1. The molecule has 0 aromatic rings. The Labute approximate surface area is 72.3 Å². The molecule has 1 aliphatic rings. The van der Waals surface area contributed by atoms with Crippen LogP contribution in [0.4, 0.5) is 0 Å². The van der Waals surface area contributed by atoms with Crippen LogP contribution >= 0.6 is 0 Å². The lowest BCUT2D eigenvalue weighted by molar-refractivity contribution is -0.171. The summed E-state index contributed by atoms with van der Waals surface area (Å²) in [7, 11) is 0. The highest BCUT2D eigenvalue weighted by atomic mass is 16.6. The molecule has 1 heterocycles. The molecule has 3 nitrogen and oxygen atoms in total. The third-order valence-electron chi connectivity index (χ3n) is 2.15. The molecule has 1 fully saturated rings. The zero-order valence-electron chi connectivity index (χ0n) is 7.63. The predicted octanol–water partition coefficient (Wildman–Crippen LogP) is 1.49. The Balaban J connectivity index is 2.79. The number of hydrogen-bond donors (Lipinski definition) is 0. The van der Waals surface area contributed by atoms with Crippen molar-refractivity contribution in [3.05, 3.63) is 0 Å². The number of hydrogen-bond acceptors (Lipinski definition) is 3. The number of carbonyl (C=O) groups is 1. The molecule has 3 heteroatoms. The van der Waals surface area contributed by atoms with E-state index in [0.29, 0.717) is 0 Å². The molecular formula is C9H13NO2. The molecule has 0 bridgehead atoms. The molecule has 1 rings (SSSR count). The highest BCUT2D eigenvalue weighted by molar-refractivity contribution is 5.76. The van der Waals surface area contributed by atoms with Gasteiger partial charge in [-0.25, -0.2) is 0 Å². The van der Waals surface area contributed by atoms with Crippen LogP contribution in [0.3, 0.4) is 0 Å². The Kier molecular flexibility index (Phi) is 2.10. The van der Waals surface area contributed by atoms with Crippen molar-refractivity contribution >= 4 is 5.97 Å². The summed E-state index contributed by atoms with van der Waals surface area (Å²) in [6, 6.07) is 1.97. The standard InChI is InChI=1S/C9H13NO2/c1-6-4-9(2,3)12-8(11)7(6)5-10/h6-7H,4H2,1-3H3/t6-,7-/m0/s1. The summed E-state index contributed by atoms with van der Waals surface area (Å²) in [5, 5.41) is 8.65. The van der Waals surface area contributed by atoms with E-state index in [2.05, 4.69) is 0 Å². The summed E-state index contributed by atoms with van der Waals surface area (Å²) in [5.41, 5.74) is -0.399. The van der Waals surface area contributed by atoms with Gasteiger partial charge in [0.05, 0.1) is 6.07 Å². The maximum atomic E-state index is 11.2. The normalized spacial score (nSPS) is 33.7. The van der Waals surface area contributed by atoms with Crippen LogP contribution in [0.2, 0.25) is 0 Å². The van der Waals surface area contributed by atoms with E-state index in [4.69, 9.17) is 10.00 Å². The Bertz CT molecular complexity index is 239. The maximum Gasteiger partial charge on any atom is 0.324 e. The Morgan fingerprint density at radius 3 is 2.67 bits per heavy atom. The lowest BCUT2D eigenvalue weighted by Gasteiger charge is -2.35. The molecule has 0 radical (unpaired) electrons. The number of nitriles is 1. The average molecular weight is 167 g/mol. The highest BCUT2D eigenvalue weighted by Gasteiger charge is 2.40. The van der Waals surface area contributed by atoms with Gasteiger partial charge < -0.3 is 4.74 Å². The van der Waals surface area contributed by atoms with Gasteiger partial charge in [0.25, 0.3) is 0 Å². The lowest BCUT2D eigenvalue weighted by atomic mass is 9.83. The first-order valence-corrected chi connectivity index (χ1v) is 4.09. The minimum absolute atomic E-state index is 0.103. The van der Waals surface area contributed by atoms with E-state index in [1.54, 1.807) is 0 Å². The summed E-state index contributed by atoms with van der Waals surface area (Å²) >= 11 is 0. The van der Waals surface area contributed by atoms with Crippen LogP contribution in [-0.4, -0.2) is 11.6 Å². The van der Waals surface area contributed by atoms with E-state index >= 15 is 0 Å². The molecule has 0 saturated carbocycles. The molecule has 0 unspecified atom stereocenters. The highest BCUT2D eigenvalue weighted by Crippen LogP contribution is 2.32. The molecule has 2 atom stereocenters. The Morgan fingerprint density at radius 1 is 1.67 bits per heavy atom. The van der Waals surface area contributed by atoms with Gasteiger partial charge in [-0.05, 0) is 26.2 Å². The smallest absolute Gasteiger partial charge is 0.324 e. The molecule has 0 amide bonds. The van der Waals surface area contributed by atoms with Gasteiger partial charge >= 0.3 is 5.97 Å². The van der Waals surface area contributed by atoms with Gasteiger partial charge in [0, 0.05) is 0 Å². The summed E-state index contributed by atoms with van der Waals surface area (Å²) in [4.78, 5) is 11.2. The molecule has 0 aromatic carbocycles. The van der Waals surface area contributed by atoms with Crippen LogP contribution in [-0.2, 0) is 9.53 Å². The second kappa shape index (κ2) is 2.78. The fourth-order valence-electron chi connectivity index (χ4n) is 1.68. The van der Waals surface area contributed by atoms with Crippen LogP contribution in [0.1, 0.15) is 27.2 Å². The van der Waals surface area contributed by atoms with E-state index < -0.39 is 11.5 Å². The zero-order chi connectivity index (χ0) is 9.35. The first-order chi connectivity index (χ1) is 5.46. The first-order valence-electron chi connectivity index (χ1n) is 4.09. The molecular weight excluding hydrogens is 154 g/mol. The Morgan fingerprint density at radius 2 is 2.25 bits per heavy atom. The third kappa shape index (κ3) is 1.58. The summed E-state index contributed by atoms with van der Waals surface area (Å²) < 4.78 is 5.09. The predicted molar refractivity (Wildman–Crippen MR) is 43.1 cm³/mol. The van der Waals surface area contributed by atoms with E-state index in [0.717, 1.165) is 6.42 Å². The number of ether oxygens (including phenoxy) is 1. The van der Waals surface area contributed by atoms with Crippen molar-refractivity contribution in [1.82, 2.24) is 0 Å². The van der Waals surface area contributed by atoms with Gasteiger partial charge in [-0.1, -0.05) is 6.92 Å². The molecule has 0 spiro atoms. The van der Waals surface area contributed by atoms with E-state index in [-0.39, 0.29) is 11.9 Å². The van der Waals surface area contributed by atoms with Crippen LogP contribution in [0.25, 0.3) is 0 Å². The van der Waals surface area contributed by atoms with Crippen molar-refractivity contribution in [2.75, 3.05) is 0 Å². The molecule has 0 aromatic heterocycles. The number of nitrogens with zero attached hydrogens (tertiary/aromatic N) is 1. The molecule has 1 saturated heterocycles. The first kappa shape index (κ1) is 9.05. The largest absolute Gasteiger partial charge is 0.459 e. The topological polar surface area (TPSA) is 50.1 Å². The minimum atomic E-state index is -0.571. The van der Waals surface area contributed by atoms with Gasteiger partial charge in [-0.2, -0.15) is 5.26 Å². The van der Waals surface area contributed by atoms with Crippen molar-refractivity contribution in [3.63, 3.8) is 0 Å². The van der Waals surface area contributed by atoms with Crippen molar-refractivity contribution < 1.29 is 9.53 Å². The summed E-state index contributed by atoms with van der Waals surface area (Å²) in [6.07, 6.45) is 0.761. The third-order valence-corrected chi connectivity index (χ3v) is 2.15. The van der Waals surface area contributed by atoms with Gasteiger partial charge in [0.15, 0.2) is 0 Å². The van der Waals surface area contributed by atoms with E-state index in [1.165, 1.54) is 0 Å². The zero-order valence-corrected chi connectivity index (χ0v) is 7.63. The number of rotatable bonds is 0. The minimum Gasteiger partial charge on any atom is -0.459 e. The molecule has 0 aliphatic carbocycles. The molecule has 1 aliphatic heterocycles. The second-order valence-corrected chi connectivity index (χ2v) is 3.97. The molecule has 0 N–H and O–H groups in total. The average Bonchev–Trinajstić information content (AvgIpc) is 1.82. The van der Waals surface area contributed by atoms with Crippen LogP contribution < -0.4 is 0 Å². The SMILES string of the molecule is C[C@H]1CC(C)(C)OC(=O)[C@H]1C#N. The lowest BCUT2D eigenvalue weighted by Crippen LogP contribution is -2.41. The monoisotopic (exact) mass is 167 g/mol. The number of cyclic esters (lactones) is 1. The van der Waals surface area contributed by atoms with Crippen molar-refractivity contribution in [2.24, 2.45) is 11.8 Å². The molecule has 66 valence electrons. The van der Waals surface area contributed by atoms with Crippen LogP contribution in [0.15, 0.2) is 0 Å². The fourth-order valence-corrected chi connectivity index (χ4v) is 1.68. The van der Waals surface area contributed by atoms with Gasteiger partial charge in [0.2, 0.25) is 0 Å². The fraction of sp³-hybridized carbons (Fsp3) is 0.778. The Hall–Kier alpha value is -1.04. The summed E-state index contributed by atoms with van der Waals surface area (Å²) in [5.74, 6) is -0.842. The van der Waals surface area contributed by atoms with Gasteiger partial charge in [-0.15, -0.1) is 0 Å². The van der Waals surface area contributed by atoms with E-state index in [9.17, 15) is 4.79 Å². The van der Waals surface area contributed by atoms with Crippen LogP contribution in [0, 0.1) is 23.2 Å². The van der Waals surface area contributed by atoms with Crippen LogP contribution in [0.5, 0.6) is 0 Å².